The van der Waals surface area contributed by atoms with Crippen molar-refractivity contribution in [1.29, 1.82) is 0 Å². The van der Waals surface area contributed by atoms with Crippen molar-refractivity contribution in [2.24, 2.45) is 40.9 Å². The molecule has 5 rings (SSSR count). The number of hydrogen-bond donors (Lipinski definition) is 1. The lowest BCUT2D eigenvalue weighted by Gasteiger charge is -2.47. The first kappa shape index (κ1) is 22.8. The van der Waals surface area contributed by atoms with Gasteiger partial charge in [-0.15, -0.1) is 0 Å². The molecular weight excluding hydrogens is 400 g/mol. The minimum absolute atomic E-state index is 0.0769. The molecule has 178 valence electrons. The molecular formula is C28H42O4. The summed E-state index contributed by atoms with van der Waals surface area (Å²) in [5.41, 5.74) is 0.615. The highest BCUT2D eigenvalue weighted by Gasteiger charge is 2.83. The SMILES string of the molecule is CCO[C@@]12C[C@H]3C(O)(C[C@H](C)COCc4ccccc4)[C@@H]1[C@H]1[C@@H](O2)[C@@H](C(C)C)CC[C@]13C. The number of hydrogen-bond acceptors (Lipinski definition) is 4. The summed E-state index contributed by atoms with van der Waals surface area (Å²) in [6.45, 7) is 13.3. The van der Waals surface area contributed by atoms with Crippen LogP contribution in [0.25, 0.3) is 0 Å². The van der Waals surface area contributed by atoms with E-state index in [4.69, 9.17) is 14.2 Å². The van der Waals surface area contributed by atoms with Gasteiger partial charge in [-0.25, -0.2) is 0 Å². The van der Waals surface area contributed by atoms with Crippen molar-refractivity contribution in [3.05, 3.63) is 35.9 Å². The molecule has 1 aliphatic heterocycles. The maximum absolute atomic E-state index is 12.4. The van der Waals surface area contributed by atoms with E-state index in [0.29, 0.717) is 37.6 Å². The van der Waals surface area contributed by atoms with Crippen molar-refractivity contribution in [3.8, 4) is 0 Å². The minimum Gasteiger partial charge on any atom is -0.389 e. The van der Waals surface area contributed by atoms with Crippen LogP contribution < -0.4 is 0 Å². The van der Waals surface area contributed by atoms with E-state index < -0.39 is 11.4 Å². The fraction of sp³-hybridized carbons (Fsp3) is 0.786. The summed E-state index contributed by atoms with van der Waals surface area (Å²) < 4.78 is 19.3. The van der Waals surface area contributed by atoms with Crippen molar-refractivity contribution >= 4 is 0 Å². The van der Waals surface area contributed by atoms with E-state index in [2.05, 4.69) is 46.8 Å². The molecule has 0 aromatic heterocycles. The molecule has 3 saturated carbocycles. The Bertz CT molecular complexity index is 811. The molecule has 4 heteroatoms. The van der Waals surface area contributed by atoms with Gasteiger partial charge in [-0.2, -0.15) is 0 Å². The summed E-state index contributed by atoms with van der Waals surface area (Å²) in [5.74, 6) is 1.57. The third-order valence-electron chi connectivity index (χ3n) is 9.58. The highest BCUT2D eigenvalue weighted by molar-refractivity contribution is 5.28. The average molecular weight is 443 g/mol. The molecule has 4 fully saturated rings. The van der Waals surface area contributed by atoms with E-state index in [-0.39, 0.29) is 29.3 Å². The topological polar surface area (TPSA) is 47.9 Å². The molecule has 1 aromatic carbocycles. The molecule has 1 N–H and O–H groups in total. The van der Waals surface area contributed by atoms with Crippen molar-refractivity contribution in [3.63, 3.8) is 0 Å². The normalized spacial score (nSPS) is 45.0. The van der Waals surface area contributed by atoms with Gasteiger partial charge in [0.2, 0.25) is 0 Å². The first-order valence-corrected chi connectivity index (χ1v) is 12.9. The molecule has 2 bridgehead atoms. The number of rotatable bonds is 9. The number of fused-ring (bicyclic) bond motifs is 2. The van der Waals surface area contributed by atoms with Crippen molar-refractivity contribution in [2.45, 2.75) is 84.4 Å². The van der Waals surface area contributed by atoms with Crippen molar-refractivity contribution in [2.75, 3.05) is 13.2 Å². The van der Waals surface area contributed by atoms with Crippen molar-refractivity contribution < 1.29 is 19.3 Å². The number of ether oxygens (including phenoxy) is 3. The van der Waals surface area contributed by atoms with Crippen LogP contribution in [0.3, 0.4) is 0 Å². The minimum atomic E-state index is -0.731. The van der Waals surface area contributed by atoms with E-state index in [0.717, 1.165) is 12.8 Å². The predicted molar refractivity (Wildman–Crippen MR) is 125 cm³/mol. The molecule has 3 aliphatic carbocycles. The van der Waals surface area contributed by atoms with E-state index in [9.17, 15) is 5.11 Å². The third kappa shape index (κ3) is 3.24. The van der Waals surface area contributed by atoms with Crippen LogP contribution in [0.2, 0.25) is 0 Å². The summed E-state index contributed by atoms with van der Waals surface area (Å²) in [6.07, 6.45) is 4.22. The van der Waals surface area contributed by atoms with Crippen LogP contribution in [0.15, 0.2) is 30.3 Å². The molecule has 32 heavy (non-hydrogen) atoms. The lowest BCUT2D eigenvalue weighted by molar-refractivity contribution is -0.249. The second kappa shape index (κ2) is 8.08. The Morgan fingerprint density at radius 3 is 2.62 bits per heavy atom. The zero-order valence-corrected chi connectivity index (χ0v) is 20.5. The summed E-state index contributed by atoms with van der Waals surface area (Å²) in [5, 5.41) is 12.4. The molecule has 9 atom stereocenters. The standard InChI is InChI=1S/C28H42O4/c1-6-31-28-15-22-26(5)13-12-21(18(2)3)24(32-28)23(26)25(28)27(22,29)14-19(4)16-30-17-20-10-8-7-9-11-20/h7-11,18-19,21-25,29H,6,12-17H2,1-5H3/t19-,21+,22+,23+,24-,25-,26-,27?,28+/m0/s1. The maximum atomic E-state index is 12.4. The van der Waals surface area contributed by atoms with Crippen LogP contribution in [0, 0.1) is 40.9 Å². The van der Waals surface area contributed by atoms with E-state index in [1.165, 1.54) is 18.4 Å². The first-order chi connectivity index (χ1) is 15.2. The van der Waals surface area contributed by atoms with Gasteiger partial charge in [0.15, 0.2) is 5.79 Å². The van der Waals surface area contributed by atoms with Gasteiger partial charge in [-0.05, 0) is 60.8 Å². The van der Waals surface area contributed by atoms with Crippen LogP contribution >= 0.6 is 0 Å². The largest absolute Gasteiger partial charge is 0.389 e. The summed E-state index contributed by atoms with van der Waals surface area (Å²) in [7, 11) is 0. The van der Waals surface area contributed by atoms with Gasteiger partial charge in [0, 0.05) is 31.5 Å². The molecule has 0 spiro atoms. The van der Waals surface area contributed by atoms with Crippen LogP contribution in [0.4, 0.5) is 0 Å². The maximum Gasteiger partial charge on any atom is 0.174 e. The van der Waals surface area contributed by atoms with Crippen LogP contribution in [-0.2, 0) is 20.8 Å². The lowest BCUT2D eigenvalue weighted by atomic mass is 9.56. The van der Waals surface area contributed by atoms with Gasteiger partial charge in [0.05, 0.1) is 18.3 Å². The molecule has 1 heterocycles. The Labute approximate surface area is 194 Å². The van der Waals surface area contributed by atoms with Crippen LogP contribution in [-0.4, -0.2) is 35.8 Å². The highest BCUT2D eigenvalue weighted by Crippen LogP contribution is 2.78. The van der Waals surface area contributed by atoms with E-state index >= 15 is 0 Å². The summed E-state index contributed by atoms with van der Waals surface area (Å²) in [4.78, 5) is 0. The molecule has 4 nitrogen and oxygen atoms in total. The summed E-state index contributed by atoms with van der Waals surface area (Å²) >= 11 is 0. The van der Waals surface area contributed by atoms with Gasteiger partial charge >= 0.3 is 0 Å². The van der Waals surface area contributed by atoms with Crippen molar-refractivity contribution in [1.82, 2.24) is 0 Å². The van der Waals surface area contributed by atoms with Crippen LogP contribution in [0.5, 0.6) is 0 Å². The first-order valence-electron chi connectivity index (χ1n) is 12.9. The monoisotopic (exact) mass is 442 g/mol. The zero-order valence-electron chi connectivity index (χ0n) is 20.5. The average Bonchev–Trinajstić information content (AvgIpc) is 3.25. The predicted octanol–water partition coefficient (Wildman–Crippen LogP) is 5.43. The molecule has 0 amide bonds. The lowest BCUT2D eigenvalue weighted by Crippen LogP contribution is -2.47. The molecule has 0 radical (unpaired) electrons. The highest BCUT2D eigenvalue weighted by atomic mass is 16.7. The Kier molecular flexibility index (Phi) is 5.76. The van der Waals surface area contributed by atoms with E-state index in [1.54, 1.807) is 0 Å². The Balaban J connectivity index is 1.36. The molecule has 4 aliphatic rings. The molecule has 1 unspecified atom stereocenters. The van der Waals surface area contributed by atoms with E-state index in [1.807, 2.05) is 18.2 Å². The Morgan fingerprint density at radius 2 is 1.94 bits per heavy atom. The molecule has 1 saturated heterocycles. The fourth-order valence-electron chi connectivity index (χ4n) is 8.49. The second-order valence-electron chi connectivity index (χ2n) is 11.8. The Morgan fingerprint density at radius 1 is 1.19 bits per heavy atom. The number of benzene rings is 1. The zero-order chi connectivity index (χ0) is 22.7. The van der Waals surface area contributed by atoms with Crippen LogP contribution in [0.1, 0.15) is 65.9 Å². The third-order valence-corrected chi connectivity index (χ3v) is 9.58. The number of aliphatic hydroxyl groups is 1. The summed E-state index contributed by atoms with van der Waals surface area (Å²) in [6, 6.07) is 10.3. The molecule has 1 aromatic rings. The fourth-order valence-corrected chi connectivity index (χ4v) is 8.49. The van der Waals surface area contributed by atoms with Gasteiger partial charge < -0.3 is 19.3 Å². The van der Waals surface area contributed by atoms with Gasteiger partial charge in [-0.3, -0.25) is 0 Å². The van der Waals surface area contributed by atoms with Gasteiger partial charge in [0.25, 0.3) is 0 Å². The smallest absolute Gasteiger partial charge is 0.174 e. The quantitative estimate of drug-likeness (QED) is 0.554. The Hall–Kier alpha value is -0.940. The van der Waals surface area contributed by atoms with Gasteiger partial charge in [0.1, 0.15) is 0 Å². The van der Waals surface area contributed by atoms with Gasteiger partial charge in [-0.1, -0.05) is 58.0 Å². The second-order valence-corrected chi connectivity index (χ2v) is 11.8.